The van der Waals surface area contributed by atoms with Crippen molar-refractivity contribution < 1.29 is 4.92 Å². The highest BCUT2D eigenvalue weighted by Crippen LogP contribution is 2.54. The number of hydrogen-bond donors (Lipinski definition) is 0. The van der Waals surface area contributed by atoms with E-state index in [0.29, 0.717) is 6.54 Å². The maximum atomic E-state index is 11.7. The second kappa shape index (κ2) is 13.2. The van der Waals surface area contributed by atoms with Crippen molar-refractivity contribution in [2.75, 3.05) is 4.90 Å². The molecule has 4 nitrogen and oxygen atoms in total. The smallest absolute Gasteiger partial charge is 0.269 e. The Labute approximate surface area is 301 Å². The highest BCUT2D eigenvalue weighted by atomic mass is 16.6. The van der Waals surface area contributed by atoms with Gasteiger partial charge >= 0.3 is 0 Å². The van der Waals surface area contributed by atoms with E-state index in [-0.39, 0.29) is 16.0 Å². The van der Waals surface area contributed by atoms with Crippen LogP contribution in [-0.2, 0) is 17.4 Å². The van der Waals surface area contributed by atoms with Crippen molar-refractivity contribution >= 4 is 38.5 Å². The third-order valence-corrected chi connectivity index (χ3v) is 11.1. The van der Waals surface area contributed by atoms with E-state index in [4.69, 9.17) is 6.58 Å². The lowest BCUT2D eigenvalue weighted by molar-refractivity contribution is -0.384. The molecule has 0 N–H and O–H groups in total. The molecule has 51 heavy (non-hydrogen) atoms. The minimum Gasteiger partial charge on any atom is -0.339 e. The van der Waals surface area contributed by atoms with E-state index in [1.807, 2.05) is 12.1 Å². The molecule has 1 atom stereocenters. The van der Waals surface area contributed by atoms with Crippen molar-refractivity contribution in [3.05, 3.63) is 195 Å². The van der Waals surface area contributed by atoms with E-state index in [0.717, 1.165) is 23.1 Å². The van der Waals surface area contributed by atoms with Crippen LogP contribution in [0, 0.1) is 17.0 Å². The Kier molecular flexibility index (Phi) is 8.72. The number of hydrogen-bond acceptors (Lipinski definition) is 3. The Hall–Kier alpha value is -5.74. The second-order valence-corrected chi connectivity index (χ2v) is 14.5. The number of non-ortho nitro benzene ring substituents is 1. The number of allylic oxidation sites excluding steroid dienone is 5. The number of aryl methyl sites for hydroxylation is 1. The van der Waals surface area contributed by atoms with E-state index in [1.54, 1.807) is 12.1 Å². The van der Waals surface area contributed by atoms with Crippen LogP contribution in [0.1, 0.15) is 61.9 Å². The summed E-state index contributed by atoms with van der Waals surface area (Å²) in [5.41, 5.74) is 9.59. The van der Waals surface area contributed by atoms with Crippen LogP contribution in [0.5, 0.6) is 0 Å². The molecule has 0 saturated carbocycles. The Morgan fingerprint density at radius 3 is 2.10 bits per heavy atom. The third kappa shape index (κ3) is 5.95. The van der Waals surface area contributed by atoms with Crippen molar-refractivity contribution in [2.24, 2.45) is 0 Å². The van der Waals surface area contributed by atoms with Gasteiger partial charge in [-0.05, 0) is 105 Å². The number of fused-ring (bicyclic) bond motifs is 4. The van der Waals surface area contributed by atoms with Crippen LogP contribution in [0.4, 0.5) is 11.4 Å². The summed E-state index contributed by atoms with van der Waals surface area (Å²) in [7, 11) is 0. The quantitative estimate of drug-likeness (QED) is 0.0875. The van der Waals surface area contributed by atoms with Crippen molar-refractivity contribution in [1.82, 2.24) is 0 Å². The van der Waals surface area contributed by atoms with Crippen LogP contribution in [0.3, 0.4) is 0 Å². The van der Waals surface area contributed by atoms with E-state index in [1.165, 1.54) is 55.2 Å². The molecule has 1 unspecified atom stereocenters. The molecule has 0 radical (unpaired) electrons. The number of anilines is 1. The van der Waals surface area contributed by atoms with E-state index in [9.17, 15) is 10.1 Å². The number of rotatable bonds is 9. The summed E-state index contributed by atoms with van der Waals surface area (Å²) in [5, 5.41) is 16.6. The molecule has 0 aliphatic carbocycles. The second-order valence-electron chi connectivity index (χ2n) is 14.5. The first kappa shape index (κ1) is 33.7. The largest absolute Gasteiger partial charge is 0.339 e. The zero-order valence-corrected chi connectivity index (χ0v) is 30.1. The van der Waals surface area contributed by atoms with Crippen LogP contribution in [0.15, 0.2) is 157 Å². The van der Waals surface area contributed by atoms with Gasteiger partial charge < -0.3 is 4.90 Å². The van der Waals surface area contributed by atoms with Gasteiger partial charge in [0.05, 0.1) is 4.92 Å². The van der Waals surface area contributed by atoms with Gasteiger partial charge in [0.25, 0.3) is 5.69 Å². The fraction of sp³-hybridized carbons (Fsp3) is 0.191. The van der Waals surface area contributed by atoms with Crippen molar-refractivity contribution in [2.45, 2.75) is 58.4 Å². The molecule has 6 aromatic carbocycles. The van der Waals surface area contributed by atoms with E-state index in [2.05, 4.69) is 155 Å². The summed E-state index contributed by atoms with van der Waals surface area (Å²) in [5.74, 6) is 0. The van der Waals surface area contributed by atoms with Gasteiger partial charge in [0.2, 0.25) is 0 Å². The summed E-state index contributed by atoms with van der Waals surface area (Å²) in [6, 6.07) is 43.7. The zero-order chi connectivity index (χ0) is 35.9. The standard InChI is InChI=1S/C47H44N2O2/c1-7-47(6)43(48(31-34-15-9-8-10-16-34)42-28-25-37-18-12-14-20-41(37)45(42)47)30-38(35-23-26-39(27-24-35)49(50)51)29-33(3)46(4,5)44-32(2)21-22-36-17-11-13-19-40(36)44/h8-30H,3,7,31H2,1-2,4-6H3/b38-29-,43-30+. The molecular formula is C47H44N2O2. The molecule has 254 valence electrons. The Bertz CT molecular complexity index is 2370. The molecule has 0 amide bonds. The number of nitro benzene ring substituents is 1. The predicted molar refractivity (Wildman–Crippen MR) is 214 cm³/mol. The molecular weight excluding hydrogens is 625 g/mol. The maximum absolute atomic E-state index is 11.7. The molecule has 1 aliphatic heterocycles. The van der Waals surface area contributed by atoms with Gasteiger partial charge in [-0.1, -0.05) is 130 Å². The average molecular weight is 669 g/mol. The summed E-state index contributed by atoms with van der Waals surface area (Å²) in [4.78, 5) is 13.8. The van der Waals surface area contributed by atoms with Crippen LogP contribution in [0.2, 0.25) is 0 Å². The Balaban J connectivity index is 1.46. The van der Waals surface area contributed by atoms with Gasteiger partial charge in [0.1, 0.15) is 0 Å². The Morgan fingerprint density at radius 2 is 1.43 bits per heavy atom. The Morgan fingerprint density at radius 1 is 0.824 bits per heavy atom. The third-order valence-electron chi connectivity index (χ3n) is 11.1. The highest BCUT2D eigenvalue weighted by Gasteiger charge is 2.44. The first-order valence-corrected chi connectivity index (χ1v) is 17.7. The fourth-order valence-corrected chi connectivity index (χ4v) is 8.02. The summed E-state index contributed by atoms with van der Waals surface area (Å²) < 4.78 is 0. The summed E-state index contributed by atoms with van der Waals surface area (Å²) >= 11 is 0. The van der Waals surface area contributed by atoms with Gasteiger partial charge in [0, 0.05) is 40.9 Å². The van der Waals surface area contributed by atoms with Gasteiger partial charge in [-0.15, -0.1) is 0 Å². The van der Waals surface area contributed by atoms with Crippen molar-refractivity contribution in [3.8, 4) is 0 Å². The number of nitro groups is 1. The molecule has 4 heteroatoms. The van der Waals surface area contributed by atoms with Crippen LogP contribution in [0.25, 0.3) is 27.1 Å². The SMILES string of the molecule is C=C(/C=C(/C=C1/N(Cc2ccccc2)c2ccc3ccccc3c2C1(C)CC)c1ccc([N+](=O)[O-])cc1)C(C)(C)c1c(C)ccc2ccccc12. The minimum atomic E-state index is -0.415. The lowest BCUT2D eigenvalue weighted by Gasteiger charge is -2.32. The lowest BCUT2D eigenvalue weighted by Crippen LogP contribution is -2.28. The van der Waals surface area contributed by atoms with Crippen LogP contribution in [-0.4, -0.2) is 4.92 Å². The fourth-order valence-electron chi connectivity index (χ4n) is 8.02. The van der Waals surface area contributed by atoms with E-state index >= 15 is 0 Å². The summed E-state index contributed by atoms with van der Waals surface area (Å²) in [6.45, 7) is 16.7. The van der Waals surface area contributed by atoms with Gasteiger partial charge in [-0.2, -0.15) is 0 Å². The predicted octanol–water partition coefficient (Wildman–Crippen LogP) is 12.4. The van der Waals surface area contributed by atoms with Gasteiger partial charge in [-0.25, -0.2) is 0 Å². The van der Waals surface area contributed by atoms with E-state index < -0.39 is 5.41 Å². The minimum absolute atomic E-state index is 0.0696. The molecule has 0 fully saturated rings. The first-order chi connectivity index (χ1) is 24.5. The molecule has 1 heterocycles. The molecule has 0 spiro atoms. The molecule has 1 aliphatic rings. The molecule has 0 aromatic heterocycles. The van der Waals surface area contributed by atoms with Crippen LogP contribution < -0.4 is 4.90 Å². The highest BCUT2D eigenvalue weighted by molar-refractivity contribution is 5.96. The van der Waals surface area contributed by atoms with Gasteiger partial charge in [-0.3, -0.25) is 10.1 Å². The first-order valence-electron chi connectivity index (χ1n) is 17.7. The van der Waals surface area contributed by atoms with Crippen molar-refractivity contribution in [3.63, 3.8) is 0 Å². The zero-order valence-electron chi connectivity index (χ0n) is 30.1. The maximum Gasteiger partial charge on any atom is 0.269 e. The molecule has 6 aromatic rings. The number of benzene rings is 6. The summed E-state index contributed by atoms with van der Waals surface area (Å²) in [6.07, 6.45) is 5.41. The van der Waals surface area contributed by atoms with Crippen LogP contribution >= 0.6 is 0 Å². The van der Waals surface area contributed by atoms with Gasteiger partial charge in [0.15, 0.2) is 0 Å². The monoisotopic (exact) mass is 668 g/mol. The molecule has 0 bridgehead atoms. The molecule has 0 saturated heterocycles. The van der Waals surface area contributed by atoms with Crippen molar-refractivity contribution in [1.29, 1.82) is 0 Å². The number of nitrogens with zero attached hydrogens (tertiary/aromatic N) is 2. The average Bonchev–Trinajstić information content (AvgIpc) is 3.38. The normalized spacial score (nSPS) is 16.9. The molecule has 7 rings (SSSR count). The topological polar surface area (TPSA) is 46.4 Å². The lowest BCUT2D eigenvalue weighted by atomic mass is 9.73.